The molecule has 0 bridgehead atoms. The van der Waals surface area contributed by atoms with Gasteiger partial charge in [0.15, 0.2) is 27.9 Å². The minimum Gasteiger partial charge on any atom is -0.329 e. The Bertz CT molecular complexity index is 864. The fourth-order valence-electron chi connectivity index (χ4n) is 1.88. The van der Waals surface area contributed by atoms with Gasteiger partial charge in [-0.2, -0.15) is 0 Å². The monoisotopic (exact) mass is 315 g/mol. The zero-order valence-electron chi connectivity index (χ0n) is 9.62. The van der Waals surface area contributed by atoms with E-state index in [4.69, 9.17) is 23.8 Å². The molecule has 0 aliphatic carbocycles. The molecule has 1 aromatic carbocycles. The van der Waals surface area contributed by atoms with E-state index in [1.807, 2.05) is 0 Å². The first-order chi connectivity index (χ1) is 9.47. The molecule has 2 heterocycles. The minimum atomic E-state index is -1.53. The zero-order valence-corrected chi connectivity index (χ0v) is 11.2. The van der Waals surface area contributed by atoms with Gasteiger partial charge in [-0.3, -0.25) is 4.57 Å². The second-order valence-corrected chi connectivity index (χ2v) is 4.84. The van der Waals surface area contributed by atoms with Crippen LogP contribution in [0.3, 0.4) is 0 Å². The Kier molecular flexibility index (Phi) is 3.02. The van der Waals surface area contributed by atoms with Crippen LogP contribution < -0.4 is 0 Å². The van der Waals surface area contributed by atoms with Crippen molar-refractivity contribution in [3.8, 4) is 5.69 Å². The van der Waals surface area contributed by atoms with Gasteiger partial charge >= 0.3 is 0 Å². The third-order valence-electron chi connectivity index (χ3n) is 2.72. The summed E-state index contributed by atoms with van der Waals surface area (Å²) in [5, 5.41) is 0.386. The number of rotatable bonds is 1. The fraction of sp³-hybridized carbons (Fsp3) is 0. The molecule has 3 nitrogen and oxygen atoms in total. The SMILES string of the molecule is Fc1cc(-n2c(=S)[nH]c3cc(Cl)cnc32)cc(F)c1F. The molecule has 0 radical (unpaired) electrons. The van der Waals surface area contributed by atoms with Crippen LogP contribution in [0.5, 0.6) is 0 Å². The van der Waals surface area contributed by atoms with Crippen LogP contribution in [0.4, 0.5) is 13.2 Å². The molecule has 102 valence electrons. The lowest BCUT2D eigenvalue weighted by Crippen LogP contribution is -2.00. The van der Waals surface area contributed by atoms with Crippen molar-refractivity contribution in [2.45, 2.75) is 0 Å². The van der Waals surface area contributed by atoms with E-state index < -0.39 is 17.5 Å². The summed E-state index contributed by atoms with van der Waals surface area (Å²) in [5.41, 5.74) is 0.880. The molecule has 0 saturated carbocycles. The molecule has 0 spiro atoms. The molecular weight excluding hydrogens is 311 g/mol. The van der Waals surface area contributed by atoms with E-state index in [0.717, 1.165) is 12.1 Å². The maximum atomic E-state index is 13.3. The number of nitrogens with zero attached hydrogens (tertiary/aromatic N) is 2. The molecule has 2 aromatic heterocycles. The molecule has 0 saturated heterocycles. The van der Waals surface area contributed by atoms with E-state index in [-0.39, 0.29) is 10.5 Å². The molecule has 0 atom stereocenters. The Hall–Kier alpha value is -1.86. The number of nitrogens with one attached hydrogen (secondary N) is 1. The van der Waals surface area contributed by atoms with Crippen molar-refractivity contribution in [2.75, 3.05) is 0 Å². The van der Waals surface area contributed by atoms with E-state index in [0.29, 0.717) is 16.2 Å². The van der Waals surface area contributed by atoms with Crippen LogP contribution in [0.1, 0.15) is 0 Å². The summed E-state index contributed by atoms with van der Waals surface area (Å²) in [6.07, 6.45) is 1.37. The van der Waals surface area contributed by atoms with Crippen molar-refractivity contribution in [1.29, 1.82) is 0 Å². The van der Waals surface area contributed by atoms with Crippen LogP contribution in [0, 0.1) is 22.2 Å². The Morgan fingerprint density at radius 1 is 1.15 bits per heavy atom. The topological polar surface area (TPSA) is 33.6 Å². The maximum absolute atomic E-state index is 13.3. The van der Waals surface area contributed by atoms with Crippen molar-refractivity contribution >= 4 is 35.0 Å². The van der Waals surface area contributed by atoms with E-state index in [1.54, 1.807) is 6.07 Å². The lowest BCUT2D eigenvalue weighted by molar-refractivity contribution is 0.446. The van der Waals surface area contributed by atoms with Gasteiger partial charge in [0.2, 0.25) is 0 Å². The van der Waals surface area contributed by atoms with Gasteiger partial charge in [0.1, 0.15) is 0 Å². The second kappa shape index (κ2) is 4.60. The lowest BCUT2D eigenvalue weighted by atomic mass is 10.3. The minimum absolute atomic E-state index is 0.0347. The fourth-order valence-corrected chi connectivity index (χ4v) is 2.34. The Balaban J connectivity index is 2.35. The standard InChI is InChI=1S/C12H5ClF3N3S/c13-5-1-9-11(17-4-5)19(12(20)18-9)6-2-7(14)10(16)8(15)3-6/h1-4H,(H,18,20). The number of hydrogen-bond acceptors (Lipinski definition) is 2. The third-order valence-corrected chi connectivity index (χ3v) is 3.21. The first-order valence-corrected chi connectivity index (χ1v) is 6.17. The van der Waals surface area contributed by atoms with E-state index in [2.05, 4.69) is 9.97 Å². The molecule has 8 heteroatoms. The molecule has 3 aromatic rings. The summed E-state index contributed by atoms with van der Waals surface area (Å²) in [7, 11) is 0. The third kappa shape index (κ3) is 1.99. The van der Waals surface area contributed by atoms with Crippen molar-refractivity contribution in [2.24, 2.45) is 0 Å². The smallest absolute Gasteiger partial charge is 0.194 e. The van der Waals surface area contributed by atoms with Crippen LogP contribution in [-0.2, 0) is 0 Å². The summed E-state index contributed by atoms with van der Waals surface area (Å²) >= 11 is 10.9. The van der Waals surface area contributed by atoms with Crippen LogP contribution in [0.15, 0.2) is 24.4 Å². The molecule has 20 heavy (non-hydrogen) atoms. The van der Waals surface area contributed by atoms with Gasteiger partial charge in [0.05, 0.1) is 16.2 Å². The molecule has 3 rings (SSSR count). The molecule has 1 N–H and O–H groups in total. The number of H-pyrrole nitrogens is 1. The van der Waals surface area contributed by atoms with Crippen molar-refractivity contribution in [1.82, 2.24) is 14.5 Å². The Morgan fingerprint density at radius 2 is 1.80 bits per heavy atom. The summed E-state index contributed by atoms with van der Waals surface area (Å²) < 4.78 is 41.1. The molecule has 0 unspecified atom stereocenters. The normalized spacial score (nSPS) is 11.2. The van der Waals surface area contributed by atoms with E-state index >= 15 is 0 Å². The van der Waals surface area contributed by atoms with Gasteiger partial charge in [-0.1, -0.05) is 11.6 Å². The predicted molar refractivity (Wildman–Crippen MR) is 71.1 cm³/mol. The van der Waals surface area contributed by atoms with Crippen LogP contribution in [0.2, 0.25) is 5.02 Å². The molecule has 0 fully saturated rings. The first kappa shape index (κ1) is 13.1. The predicted octanol–water partition coefficient (Wildman–Crippen LogP) is 4.15. The Morgan fingerprint density at radius 3 is 2.45 bits per heavy atom. The quantitative estimate of drug-likeness (QED) is 0.540. The van der Waals surface area contributed by atoms with E-state index in [9.17, 15) is 13.2 Å². The highest BCUT2D eigenvalue weighted by molar-refractivity contribution is 7.71. The number of halogens is 4. The second-order valence-electron chi connectivity index (χ2n) is 4.01. The highest BCUT2D eigenvalue weighted by Crippen LogP contribution is 2.23. The highest BCUT2D eigenvalue weighted by Gasteiger charge is 2.15. The highest BCUT2D eigenvalue weighted by atomic mass is 35.5. The van der Waals surface area contributed by atoms with Gasteiger partial charge in [-0.25, -0.2) is 18.2 Å². The van der Waals surface area contributed by atoms with Gasteiger partial charge in [-0.05, 0) is 18.3 Å². The number of benzene rings is 1. The number of aromatic amines is 1. The summed E-state index contributed by atoms with van der Waals surface area (Å²) in [5.74, 6) is -4.13. The molecular formula is C12H5ClF3N3S. The van der Waals surface area contributed by atoms with Gasteiger partial charge in [0.25, 0.3) is 0 Å². The summed E-state index contributed by atoms with van der Waals surface area (Å²) in [6, 6.07) is 3.27. The first-order valence-electron chi connectivity index (χ1n) is 5.38. The lowest BCUT2D eigenvalue weighted by Gasteiger charge is -2.05. The summed E-state index contributed by atoms with van der Waals surface area (Å²) in [4.78, 5) is 6.87. The van der Waals surface area contributed by atoms with Crippen LogP contribution in [0.25, 0.3) is 16.9 Å². The number of imidazole rings is 1. The zero-order chi connectivity index (χ0) is 14.4. The van der Waals surface area contributed by atoms with Gasteiger partial charge < -0.3 is 4.98 Å². The number of pyridine rings is 1. The van der Waals surface area contributed by atoms with Gasteiger partial charge in [-0.15, -0.1) is 0 Å². The largest absolute Gasteiger partial charge is 0.329 e. The van der Waals surface area contributed by atoms with Crippen molar-refractivity contribution < 1.29 is 13.2 Å². The molecule has 0 aliphatic heterocycles. The number of aromatic nitrogens is 3. The maximum Gasteiger partial charge on any atom is 0.194 e. The average molecular weight is 316 g/mol. The van der Waals surface area contributed by atoms with Crippen LogP contribution in [-0.4, -0.2) is 14.5 Å². The average Bonchev–Trinajstić information content (AvgIpc) is 2.70. The number of hydrogen-bond donors (Lipinski definition) is 1. The van der Waals surface area contributed by atoms with Crippen molar-refractivity contribution in [3.05, 3.63) is 51.6 Å². The van der Waals surface area contributed by atoms with E-state index in [1.165, 1.54) is 10.8 Å². The molecule has 0 amide bonds. The number of fused-ring (bicyclic) bond motifs is 1. The molecule has 0 aliphatic rings. The summed E-state index contributed by atoms with van der Waals surface area (Å²) in [6.45, 7) is 0. The van der Waals surface area contributed by atoms with Crippen LogP contribution >= 0.6 is 23.8 Å². The Labute approximate surface area is 120 Å². The van der Waals surface area contributed by atoms with Gasteiger partial charge in [0, 0.05) is 18.3 Å². The van der Waals surface area contributed by atoms with Crippen molar-refractivity contribution in [3.63, 3.8) is 0 Å².